The SMILES string of the molecule is CNC(Cc1ccc(OC)c(OC)c1)c1cscc1C. The molecule has 1 N–H and O–H groups in total. The summed E-state index contributed by atoms with van der Waals surface area (Å²) in [7, 11) is 5.32. The first-order valence-corrected chi connectivity index (χ1v) is 7.54. The molecule has 0 aliphatic carbocycles. The van der Waals surface area contributed by atoms with Gasteiger partial charge in [0.1, 0.15) is 0 Å². The molecule has 3 nitrogen and oxygen atoms in total. The summed E-state index contributed by atoms with van der Waals surface area (Å²) in [6.45, 7) is 2.16. The minimum atomic E-state index is 0.319. The first kappa shape index (κ1) is 14.9. The van der Waals surface area contributed by atoms with Crippen molar-refractivity contribution in [2.75, 3.05) is 21.3 Å². The summed E-state index contributed by atoms with van der Waals surface area (Å²) in [5.74, 6) is 1.55. The standard InChI is InChI=1S/C16H21NO2S/c1-11-9-20-10-13(11)14(17-2)7-12-5-6-15(18-3)16(8-12)19-4/h5-6,8-10,14,17H,7H2,1-4H3. The molecule has 1 heterocycles. The van der Waals surface area contributed by atoms with E-state index in [4.69, 9.17) is 9.47 Å². The first-order valence-electron chi connectivity index (χ1n) is 6.60. The van der Waals surface area contributed by atoms with Crippen LogP contribution in [-0.2, 0) is 6.42 Å². The largest absolute Gasteiger partial charge is 0.493 e. The highest BCUT2D eigenvalue weighted by Gasteiger charge is 2.14. The summed E-state index contributed by atoms with van der Waals surface area (Å²) >= 11 is 1.75. The lowest BCUT2D eigenvalue weighted by Gasteiger charge is -2.17. The molecule has 0 fully saturated rings. The fourth-order valence-corrected chi connectivity index (χ4v) is 3.24. The number of benzene rings is 1. The number of ether oxygens (including phenoxy) is 2. The number of methoxy groups -OCH3 is 2. The van der Waals surface area contributed by atoms with Crippen LogP contribution < -0.4 is 14.8 Å². The van der Waals surface area contributed by atoms with Crippen LogP contribution in [0, 0.1) is 6.92 Å². The maximum atomic E-state index is 5.36. The van der Waals surface area contributed by atoms with Crippen molar-refractivity contribution in [2.24, 2.45) is 0 Å². The first-order chi connectivity index (χ1) is 9.69. The number of aryl methyl sites for hydroxylation is 1. The van der Waals surface area contributed by atoms with Gasteiger partial charge in [-0.05, 0) is 60.0 Å². The number of hydrogen-bond donors (Lipinski definition) is 1. The van der Waals surface area contributed by atoms with Crippen molar-refractivity contribution in [3.05, 3.63) is 45.6 Å². The number of nitrogens with one attached hydrogen (secondary N) is 1. The minimum Gasteiger partial charge on any atom is -0.493 e. The molecule has 0 saturated carbocycles. The van der Waals surface area contributed by atoms with Crippen LogP contribution in [-0.4, -0.2) is 21.3 Å². The van der Waals surface area contributed by atoms with Gasteiger partial charge < -0.3 is 14.8 Å². The zero-order chi connectivity index (χ0) is 14.5. The molecule has 0 amide bonds. The van der Waals surface area contributed by atoms with Crippen molar-refractivity contribution in [3.8, 4) is 11.5 Å². The van der Waals surface area contributed by atoms with E-state index in [1.165, 1.54) is 16.7 Å². The average molecular weight is 291 g/mol. The predicted octanol–water partition coefficient (Wildman–Crippen LogP) is 3.58. The summed E-state index contributed by atoms with van der Waals surface area (Å²) in [5.41, 5.74) is 3.94. The molecule has 4 heteroatoms. The van der Waals surface area contributed by atoms with Gasteiger partial charge in [-0.2, -0.15) is 11.3 Å². The van der Waals surface area contributed by atoms with Crippen molar-refractivity contribution < 1.29 is 9.47 Å². The topological polar surface area (TPSA) is 30.5 Å². The van der Waals surface area contributed by atoms with Gasteiger partial charge in [-0.25, -0.2) is 0 Å². The van der Waals surface area contributed by atoms with Gasteiger partial charge >= 0.3 is 0 Å². The Hall–Kier alpha value is -1.52. The third-order valence-electron chi connectivity index (χ3n) is 3.51. The van der Waals surface area contributed by atoms with E-state index in [0.29, 0.717) is 6.04 Å². The number of thiophene rings is 1. The summed E-state index contributed by atoms with van der Waals surface area (Å²) in [6.07, 6.45) is 0.925. The monoisotopic (exact) mass is 291 g/mol. The van der Waals surface area contributed by atoms with Crippen LogP contribution in [0.1, 0.15) is 22.7 Å². The van der Waals surface area contributed by atoms with E-state index in [-0.39, 0.29) is 0 Å². The van der Waals surface area contributed by atoms with Gasteiger partial charge in [-0.3, -0.25) is 0 Å². The van der Waals surface area contributed by atoms with Gasteiger partial charge in [0.25, 0.3) is 0 Å². The fraction of sp³-hybridized carbons (Fsp3) is 0.375. The molecule has 0 saturated heterocycles. The molecule has 2 aromatic rings. The van der Waals surface area contributed by atoms with E-state index < -0.39 is 0 Å². The lowest BCUT2D eigenvalue weighted by molar-refractivity contribution is 0.354. The second-order valence-electron chi connectivity index (χ2n) is 4.74. The van der Waals surface area contributed by atoms with Crippen LogP contribution in [0.5, 0.6) is 11.5 Å². The zero-order valence-corrected chi connectivity index (χ0v) is 13.2. The van der Waals surface area contributed by atoms with Crippen LogP contribution in [0.25, 0.3) is 0 Å². The minimum absolute atomic E-state index is 0.319. The Morgan fingerprint density at radius 3 is 2.45 bits per heavy atom. The molecule has 1 aromatic heterocycles. The second kappa shape index (κ2) is 6.77. The molecule has 1 atom stereocenters. The third kappa shape index (κ3) is 3.14. The lowest BCUT2D eigenvalue weighted by Crippen LogP contribution is -2.19. The molecule has 20 heavy (non-hydrogen) atoms. The van der Waals surface area contributed by atoms with E-state index in [1.54, 1.807) is 25.6 Å². The van der Waals surface area contributed by atoms with Crippen LogP contribution in [0.2, 0.25) is 0 Å². The summed E-state index contributed by atoms with van der Waals surface area (Å²) in [5, 5.41) is 7.80. The van der Waals surface area contributed by atoms with Crippen LogP contribution >= 0.6 is 11.3 Å². The van der Waals surface area contributed by atoms with Gasteiger partial charge in [-0.15, -0.1) is 0 Å². The molecule has 1 unspecified atom stereocenters. The van der Waals surface area contributed by atoms with Crippen molar-refractivity contribution in [2.45, 2.75) is 19.4 Å². The highest BCUT2D eigenvalue weighted by Crippen LogP contribution is 2.30. The summed E-state index contributed by atoms with van der Waals surface area (Å²) < 4.78 is 10.6. The van der Waals surface area contributed by atoms with Gasteiger partial charge in [0.2, 0.25) is 0 Å². The molecule has 108 valence electrons. The van der Waals surface area contributed by atoms with Crippen molar-refractivity contribution in [1.82, 2.24) is 5.32 Å². The Kier molecular flexibility index (Phi) is 5.04. The number of hydrogen-bond acceptors (Lipinski definition) is 4. The van der Waals surface area contributed by atoms with Crippen LogP contribution in [0.4, 0.5) is 0 Å². The molecular weight excluding hydrogens is 270 g/mol. The highest BCUT2D eigenvalue weighted by atomic mass is 32.1. The van der Waals surface area contributed by atoms with E-state index >= 15 is 0 Å². The van der Waals surface area contributed by atoms with Crippen LogP contribution in [0.3, 0.4) is 0 Å². The fourth-order valence-electron chi connectivity index (χ4n) is 2.34. The van der Waals surface area contributed by atoms with Gasteiger partial charge in [0.05, 0.1) is 14.2 Å². The smallest absolute Gasteiger partial charge is 0.160 e. The maximum Gasteiger partial charge on any atom is 0.160 e. The highest BCUT2D eigenvalue weighted by molar-refractivity contribution is 7.08. The maximum absolute atomic E-state index is 5.36. The summed E-state index contributed by atoms with van der Waals surface area (Å²) in [4.78, 5) is 0. The molecule has 0 spiro atoms. The molecule has 0 aliphatic rings. The van der Waals surface area contributed by atoms with E-state index in [9.17, 15) is 0 Å². The number of rotatable bonds is 6. The Morgan fingerprint density at radius 1 is 1.15 bits per heavy atom. The summed E-state index contributed by atoms with van der Waals surface area (Å²) in [6, 6.07) is 6.42. The second-order valence-corrected chi connectivity index (χ2v) is 5.49. The lowest BCUT2D eigenvalue weighted by atomic mass is 9.98. The Bertz CT molecular complexity index is 565. The molecule has 1 aromatic carbocycles. The molecular formula is C16H21NO2S. The Morgan fingerprint density at radius 2 is 1.90 bits per heavy atom. The third-order valence-corrected chi connectivity index (χ3v) is 4.39. The van der Waals surface area contributed by atoms with Gasteiger partial charge in [-0.1, -0.05) is 6.07 Å². The van der Waals surface area contributed by atoms with E-state index in [2.05, 4.69) is 29.1 Å². The van der Waals surface area contributed by atoms with E-state index in [0.717, 1.165) is 17.9 Å². The normalized spacial score (nSPS) is 12.2. The Labute approximate surface area is 124 Å². The van der Waals surface area contributed by atoms with Crippen molar-refractivity contribution in [3.63, 3.8) is 0 Å². The van der Waals surface area contributed by atoms with Gasteiger partial charge in [0.15, 0.2) is 11.5 Å². The molecule has 2 rings (SSSR count). The predicted molar refractivity (Wildman–Crippen MR) is 84.1 cm³/mol. The molecule has 0 radical (unpaired) electrons. The van der Waals surface area contributed by atoms with E-state index in [1.807, 2.05) is 19.2 Å². The average Bonchev–Trinajstić information content (AvgIpc) is 2.90. The Balaban J connectivity index is 2.22. The zero-order valence-electron chi connectivity index (χ0n) is 12.4. The molecule has 0 bridgehead atoms. The van der Waals surface area contributed by atoms with Crippen molar-refractivity contribution >= 4 is 11.3 Å². The quantitative estimate of drug-likeness (QED) is 0.882. The van der Waals surface area contributed by atoms with Crippen LogP contribution in [0.15, 0.2) is 29.0 Å². The van der Waals surface area contributed by atoms with Crippen molar-refractivity contribution in [1.29, 1.82) is 0 Å². The van der Waals surface area contributed by atoms with Gasteiger partial charge in [0, 0.05) is 6.04 Å². The number of likely N-dealkylation sites (N-methyl/N-ethyl adjacent to an activating group) is 1. The molecule has 0 aliphatic heterocycles.